The molecule has 224 valence electrons. The first-order valence-electron chi connectivity index (χ1n) is 14.6. The molecular formula is C33H38N6O3S. The van der Waals surface area contributed by atoms with E-state index in [1.807, 2.05) is 36.4 Å². The van der Waals surface area contributed by atoms with Crippen LogP contribution in [-0.4, -0.2) is 53.6 Å². The molecule has 1 saturated carbocycles. The number of nitrogen functional groups attached to an aromatic ring is 1. The number of carbonyl (C=O) groups is 3. The molecule has 0 unspecified atom stereocenters. The van der Waals surface area contributed by atoms with Gasteiger partial charge in [0.1, 0.15) is 17.9 Å². The summed E-state index contributed by atoms with van der Waals surface area (Å²) in [5.41, 5.74) is 9.03. The summed E-state index contributed by atoms with van der Waals surface area (Å²) in [4.78, 5) is 44.4. The van der Waals surface area contributed by atoms with Gasteiger partial charge in [0.15, 0.2) is 0 Å². The predicted octanol–water partition coefficient (Wildman–Crippen LogP) is 3.19. The van der Waals surface area contributed by atoms with E-state index in [0.29, 0.717) is 12.1 Å². The topological polar surface area (TPSA) is 140 Å². The Hall–Kier alpha value is -4.15. The van der Waals surface area contributed by atoms with E-state index >= 15 is 0 Å². The predicted molar refractivity (Wildman–Crippen MR) is 168 cm³/mol. The molecule has 1 aliphatic heterocycles. The zero-order valence-corrected chi connectivity index (χ0v) is 25.2. The number of carbonyl (C=O) groups excluding carboxylic acids is 3. The number of hydrogen-bond donors (Lipinski definition) is 5. The molecule has 5 rings (SSSR count). The highest BCUT2D eigenvalue weighted by atomic mass is 32.2. The van der Waals surface area contributed by atoms with Gasteiger partial charge in [-0.1, -0.05) is 72.4 Å². The van der Waals surface area contributed by atoms with Crippen molar-refractivity contribution >= 4 is 35.3 Å². The highest BCUT2D eigenvalue weighted by Crippen LogP contribution is 2.35. The van der Waals surface area contributed by atoms with Crippen molar-refractivity contribution < 1.29 is 14.4 Å². The van der Waals surface area contributed by atoms with Gasteiger partial charge < -0.3 is 26.6 Å². The van der Waals surface area contributed by atoms with E-state index in [0.717, 1.165) is 39.3 Å². The molecule has 0 saturated heterocycles. The van der Waals surface area contributed by atoms with E-state index in [-0.39, 0.29) is 36.5 Å². The summed E-state index contributed by atoms with van der Waals surface area (Å²) in [5.74, 6) is -0.684. The van der Waals surface area contributed by atoms with Crippen LogP contribution < -0.4 is 21.7 Å². The van der Waals surface area contributed by atoms with Crippen LogP contribution >= 0.6 is 11.8 Å². The van der Waals surface area contributed by atoms with Gasteiger partial charge in [-0.15, -0.1) is 0 Å². The van der Waals surface area contributed by atoms with Crippen LogP contribution in [-0.2, 0) is 33.9 Å². The number of hydrogen-bond acceptors (Lipinski definition) is 6. The fourth-order valence-corrected chi connectivity index (χ4v) is 6.24. The Morgan fingerprint density at radius 1 is 0.907 bits per heavy atom. The van der Waals surface area contributed by atoms with Crippen LogP contribution in [0.2, 0.25) is 0 Å². The molecule has 3 aromatic carbocycles. The van der Waals surface area contributed by atoms with Crippen LogP contribution in [0.15, 0.2) is 82.6 Å². The molecule has 0 radical (unpaired) electrons. The summed E-state index contributed by atoms with van der Waals surface area (Å²) < 4.78 is 0. The number of amides is 3. The summed E-state index contributed by atoms with van der Waals surface area (Å²) in [6, 6.07) is 21.1. The molecule has 2 aliphatic rings. The minimum Gasteiger partial charge on any atom is -0.384 e. The van der Waals surface area contributed by atoms with Gasteiger partial charge >= 0.3 is 0 Å². The molecule has 3 atom stereocenters. The van der Waals surface area contributed by atoms with E-state index in [4.69, 9.17) is 11.1 Å². The molecule has 3 aromatic rings. The van der Waals surface area contributed by atoms with E-state index in [1.165, 1.54) is 4.90 Å². The summed E-state index contributed by atoms with van der Waals surface area (Å²) in [7, 11) is 1.65. The summed E-state index contributed by atoms with van der Waals surface area (Å²) in [6.45, 7) is 2.49. The van der Waals surface area contributed by atoms with E-state index in [9.17, 15) is 14.4 Å². The van der Waals surface area contributed by atoms with Crippen molar-refractivity contribution in [1.82, 2.24) is 20.9 Å². The third-order valence-electron chi connectivity index (χ3n) is 8.14. The molecule has 6 N–H and O–H groups in total. The van der Waals surface area contributed by atoms with Crippen LogP contribution in [0.4, 0.5) is 0 Å². The van der Waals surface area contributed by atoms with E-state index in [1.54, 1.807) is 50.0 Å². The lowest BCUT2D eigenvalue weighted by Gasteiger charge is -2.30. The largest absolute Gasteiger partial charge is 0.384 e. The molecule has 0 bridgehead atoms. The SMILES string of the molecule is C[C@@H]1C(=O)N[C@H](Cc2ccc(C(=N)N)cc2)C(=O)NCc2ccccc2Sc2ccccc2CN[C@@H](C2CC2)C(=O)N1C. The maximum atomic E-state index is 13.7. The van der Waals surface area contributed by atoms with Crippen LogP contribution in [0.5, 0.6) is 0 Å². The lowest BCUT2D eigenvalue weighted by atomic mass is 10.0. The lowest BCUT2D eigenvalue weighted by Crippen LogP contribution is -2.56. The first kappa shape index (κ1) is 30.3. The van der Waals surface area contributed by atoms with E-state index < -0.39 is 24.0 Å². The standard InChI is InChI=1S/C33H38N6O3S/c1-20-31(40)38-26(17-21-11-13-23(14-12-21)30(34)35)32(41)37-19-25-8-4-6-10-28(25)43-27-9-5-3-7-24(27)18-36-29(22-15-16-22)33(42)39(20)2/h3-14,20,22,26,29,36H,15-19H2,1-2H3,(H3,34,35)(H,37,41)(H,38,40)/t20-,26-,29+/m1/s1. The Morgan fingerprint density at radius 3 is 2.12 bits per heavy atom. The molecule has 0 aromatic heterocycles. The van der Waals surface area contributed by atoms with Gasteiger partial charge in [0.2, 0.25) is 17.7 Å². The van der Waals surface area contributed by atoms with E-state index in [2.05, 4.69) is 28.1 Å². The van der Waals surface area contributed by atoms with Gasteiger partial charge in [0.05, 0.1) is 6.04 Å². The molecule has 10 heteroatoms. The Morgan fingerprint density at radius 2 is 1.51 bits per heavy atom. The van der Waals surface area contributed by atoms with Gasteiger partial charge in [0, 0.05) is 41.9 Å². The number of nitrogens with one attached hydrogen (secondary N) is 4. The van der Waals surface area contributed by atoms with Crippen molar-refractivity contribution in [1.29, 1.82) is 5.41 Å². The van der Waals surface area contributed by atoms with Crippen molar-refractivity contribution in [3.63, 3.8) is 0 Å². The number of amidine groups is 1. The first-order chi connectivity index (χ1) is 20.7. The van der Waals surface area contributed by atoms with Gasteiger partial charge in [0.25, 0.3) is 0 Å². The first-order valence-corrected chi connectivity index (χ1v) is 15.4. The number of likely N-dealkylation sites (N-methyl/N-ethyl adjacent to an activating group) is 1. The normalized spacial score (nSPS) is 22.0. The Kier molecular flexibility index (Phi) is 9.47. The van der Waals surface area contributed by atoms with Gasteiger partial charge in [-0.25, -0.2) is 0 Å². The quantitative estimate of drug-likeness (QED) is 0.231. The number of benzene rings is 3. The second kappa shape index (κ2) is 13.4. The molecule has 1 fully saturated rings. The summed E-state index contributed by atoms with van der Waals surface area (Å²) in [5, 5.41) is 17.1. The van der Waals surface area contributed by atoms with Crippen molar-refractivity contribution in [3.8, 4) is 0 Å². The van der Waals surface area contributed by atoms with Crippen LogP contribution in [0.1, 0.15) is 42.0 Å². The molecule has 1 aliphatic carbocycles. The average Bonchev–Trinajstić information content (AvgIpc) is 3.85. The van der Waals surface area contributed by atoms with Crippen molar-refractivity contribution in [2.45, 2.75) is 67.2 Å². The molecule has 9 nitrogen and oxygen atoms in total. The van der Waals surface area contributed by atoms with Crippen molar-refractivity contribution in [2.24, 2.45) is 11.7 Å². The minimum atomic E-state index is -0.879. The average molecular weight is 599 g/mol. The van der Waals surface area contributed by atoms with Gasteiger partial charge in [-0.05, 0) is 54.5 Å². The monoisotopic (exact) mass is 598 g/mol. The zero-order chi connectivity index (χ0) is 30.5. The maximum Gasteiger partial charge on any atom is 0.243 e. The second-order valence-electron chi connectivity index (χ2n) is 11.2. The smallest absolute Gasteiger partial charge is 0.243 e. The third-order valence-corrected chi connectivity index (χ3v) is 9.37. The van der Waals surface area contributed by atoms with Gasteiger partial charge in [-0.3, -0.25) is 19.8 Å². The molecule has 1 heterocycles. The number of fused-ring (bicyclic) bond motifs is 2. The number of nitrogens with two attached hydrogens (primary N) is 1. The zero-order valence-electron chi connectivity index (χ0n) is 24.4. The Bertz CT molecular complexity index is 1510. The molecule has 43 heavy (non-hydrogen) atoms. The summed E-state index contributed by atoms with van der Waals surface area (Å²) >= 11 is 1.63. The van der Waals surface area contributed by atoms with Crippen molar-refractivity contribution in [3.05, 3.63) is 95.1 Å². The summed E-state index contributed by atoms with van der Waals surface area (Å²) in [6.07, 6.45) is 2.16. The fourth-order valence-electron chi connectivity index (χ4n) is 5.17. The third kappa shape index (κ3) is 7.44. The maximum absolute atomic E-state index is 13.7. The molecule has 0 spiro atoms. The highest BCUT2D eigenvalue weighted by molar-refractivity contribution is 7.99. The Balaban J connectivity index is 1.47. The van der Waals surface area contributed by atoms with Crippen molar-refractivity contribution in [2.75, 3.05) is 7.05 Å². The lowest BCUT2D eigenvalue weighted by molar-refractivity contribution is -0.141. The fraction of sp³-hybridized carbons (Fsp3) is 0.333. The van der Waals surface area contributed by atoms with Crippen LogP contribution in [0.3, 0.4) is 0 Å². The minimum absolute atomic E-state index is 0.0437. The Labute approximate surface area is 256 Å². The number of rotatable bonds is 4. The highest BCUT2D eigenvalue weighted by Gasteiger charge is 2.39. The second-order valence-corrected chi connectivity index (χ2v) is 12.3. The molecule has 3 amide bonds. The van der Waals surface area contributed by atoms with Crippen LogP contribution in [0, 0.1) is 11.3 Å². The molecular weight excluding hydrogens is 560 g/mol. The number of nitrogens with zero attached hydrogens (tertiary/aromatic N) is 1. The van der Waals surface area contributed by atoms with Crippen LogP contribution in [0.25, 0.3) is 0 Å². The van der Waals surface area contributed by atoms with Gasteiger partial charge in [-0.2, -0.15) is 0 Å².